The first-order valence-electron chi connectivity index (χ1n) is 10.8. The van der Waals surface area contributed by atoms with Crippen LogP contribution in [0.3, 0.4) is 0 Å². The van der Waals surface area contributed by atoms with E-state index >= 15 is 0 Å². The normalized spacial score (nSPS) is 26.8. The van der Waals surface area contributed by atoms with Crippen LogP contribution in [0.5, 0.6) is 5.75 Å². The first-order valence-corrected chi connectivity index (χ1v) is 10.8. The molecule has 2 fully saturated rings. The summed E-state index contributed by atoms with van der Waals surface area (Å²) in [5.74, 6) is 2.70. The van der Waals surface area contributed by atoms with Gasteiger partial charge in [0, 0.05) is 0 Å². The second kappa shape index (κ2) is 8.94. The topological polar surface area (TPSA) is 26.3 Å². The Kier molecular flexibility index (Phi) is 6.13. The van der Waals surface area contributed by atoms with E-state index in [0.717, 1.165) is 17.8 Å². The van der Waals surface area contributed by atoms with Crippen LogP contribution in [0.2, 0.25) is 0 Å². The van der Waals surface area contributed by atoms with Crippen molar-refractivity contribution in [1.29, 1.82) is 0 Å². The van der Waals surface area contributed by atoms with Crippen molar-refractivity contribution in [1.82, 2.24) is 0 Å². The molecule has 2 aromatic rings. The number of hydrogen-bond donors (Lipinski definition) is 0. The predicted molar refractivity (Wildman–Crippen MR) is 114 cm³/mol. The summed E-state index contributed by atoms with van der Waals surface area (Å²) in [6, 6.07) is 13.4. The Bertz CT molecular complexity index is 853. The van der Waals surface area contributed by atoms with Crippen molar-refractivity contribution in [3.63, 3.8) is 0 Å². The van der Waals surface area contributed by atoms with Crippen LogP contribution < -0.4 is 4.74 Å². The maximum Gasteiger partial charge on any atom is 0.343 e. The lowest BCUT2D eigenvalue weighted by Gasteiger charge is -2.41. The lowest BCUT2D eigenvalue weighted by molar-refractivity contribution is 0.0734. The Hall–Kier alpha value is -2.42. The van der Waals surface area contributed by atoms with E-state index in [2.05, 4.69) is 31.2 Å². The third kappa shape index (κ3) is 4.77. The fourth-order valence-corrected chi connectivity index (χ4v) is 5.24. The minimum atomic E-state index is -0.408. The SMILES string of the molecule is C/C=C/C1CCC2CC(c3ccc(C(=O)Oc4ccc(F)cc4)cc3)CCC2C1. The quantitative estimate of drug-likeness (QED) is 0.321. The fraction of sp³-hybridized carbons (Fsp3) is 0.423. The van der Waals surface area contributed by atoms with Crippen molar-refractivity contribution in [2.45, 2.75) is 51.4 Å². The average Bonchev–Trinajstić information content (AvgIpc) is 2.75. The summed E-state index contributed by atoms with van der Waals surface area (Å²) in [6.45, 7) is 2.13. The van der Waals surface area contributed by atoms with Crippen molar-refractivity contribution < 1.29 is 13.9 Å². The van der Waals surface area contributed by atoms with E-state index in [1.54, 1.807) is 0 Å². The molecule has 2 aliphatic rings. The van der Waals surface area contributed by atoms with Gasteiger partial charge in [-0.1, -0.05) is 24.3 Å². The van der Waals surface area contributed by atoms with Gasteiger partial charge in [-0.2, -0.15) is 0 Å². The van der Waals surface area contributed by atoms with Gasteiger partial charge >= 0.3 is 5.97 Å². The van der Waals surface area contributed by atoms with E-state index in [9.17, 15) is 9.18 Å². The zero-order chi connectivity index (χ0) is 20.2. The molecule has 2 saturated carbocycles. The first kappa shape index (κ1) is 19.9. The van der Waals surface area contributed by atoms with Crippen molar-refractivity contribution >= 4 is 5.97 Å². The van der Waals surface area contributed by atoms with Crippen LogP contribution in [0.4, 0.5) is 4.39 Å². The third-order valence-electron chi connectivity index (χ3n) is 6.76. The van der Waals surface area contributed by atoms with Crippen LogP contribution in [-0.4, -0.2) is 5.97 Å². The number of rotatable bonds is 4. The number of halogens is 1. The largest absolute Gasteiger partial charge is 0.423 e. The van der Waals surface area contributed by atoms with Crippen LogP contribution in [0.1, 0.15) is 67.3 Å². The number of carbonyl (C=O) groups excluding carboxylic acids is 1. The third-order valence-corrected chi connectivity index (χ3v) is 6.76. The molecule has 0 radical (unpaired) electrons. The molecule has 2 nitrogen and oxygen atoms in total. The summed E-state index contributed by atoms with van der Waals surface area (Å²) in [6.07, 6.45) is 12.5. The minimum absolute atomic E-state index is 0.348. The Balaban J connectivity index is 1.36. The lowest BCUT2D eigenvalue weighted by Crippen LogP contribution is -2.30. The summed E-state index contributed by atoms with van der Waals surface area (Å²) in [7, 11) is 0. The Morgan fingerprint density at radius 1 is 0.931 bits per heavy atom. The molecule has 2 aliphatic carbocycles. The van der Waals surface area contributed by atoms with Crippen LogP contribution in [0, 0.1) is 23.6 Å². The van der Waals surface area contributed by atoms with Crippen molar-refractivity contribution in [2.24, 2.45) is 17.8 Å². The zero-order valence-electron chi connectivity index (χ0n) is 17.0. The van der Waals surface area contributed by atoms with E-state index < -0.39 is 5.97 Å². The molecular formula is C26H29FO2. The van der Waals surface area contributed by atoms with Crippen LogP contribution >= 0.6 is 0 Å². The fourth-order valence-electron chi connectivity index (χ4n) is 5.24. The van der Waals surface area contributed by atoms with Crippen LogP contribution in [0.15, 0.2) is 60.7 Å². The van der Waals surface area contributed by atoms with Gasteiger partial charge in [0.15, 0.2) is 0 Å². The molecule has 152 valence electrons. The zero-order valence-corrected chi connectivity index (χ0v) is 17.0. The molecule has 3 heteroatoms. The molecule has 29 heavy (non-hydrogen) atoms. The van der Waals surface area contributed by atoms with Gasteiger partial charge in [-0.25, -0.2) is 9.18 Å². The second-order valence-corrected chi connectivity index (χ2v) is 8.59. The number of carbonyl (C=O) groups is 1. The maximum atomic E-state index is 13.0. The van der Waals surface area contributed by atoms with Gasteiger partial charge < -0.3 is 4.74 Å². The summed E-state index contributed by atoms with van der Waals surface area (Å²) < 4.78 is 18.3. The van der Waals surface area contributed by atoms with Crippen molar-refractivity contribution in [3.8, 4) is 5.75 Å². The number of benzene rings is 2. The van der Waals surface area contributed by atoms with Crippen molar-refractivity contribution in [2.75, 3.05) is 0 Å². The molecule has 0 spiro atoms. The molecule has 4 atom stereocenters. The minimum Gasteiger partial charge on any atom is -0.423 e. The van der Waals surface area contributed by atoms with Gasteiger partial charge in [0.2, 0.25) is 0 Å². The first-order chi connectivity index (χ1) is 14.1. The molecule has 0 bridgehead atoms. The second-order valence-electron chi connectivity index (χ2n) is 8.59. The molecule has 0 amide bonds. The van der Waals surface area contributed by atoms with E-state index in [0.29, 0.717) is 17.2 Å². The van der Waals surface area contributed by atoms with E-state index in [1.807, 2.05) is 12.1 Å². The summed E-state index contributed by atoms with van der Waals surface area (Å²) in [5.41, 5.74) is 1.86. The van der Waals surface area contributed by atoms with E-state index in [4.69, 9.17) is 4.74 Å². The van der Waals surface area contributed by atoms with Gasteiger partial charge in [-0.15, -0.1) is 0 Å². The predicted octanol–water partition coefficient (Wildman–Crippen LogP) is 6.92. The van der Waals surface area contributed by atoms with Crippen molar-refractivity contribution in [3.05, 3.63) is 77.6 Å². The highest BCUT2D eigenvalue weighted by Gasteiger charge is 2.35. The lowest BCUT2D eigenvalue weighted by atomic mass is 9.64. The standard InChI is InChI=1S/C26H29FO2/c1-2-3-18-4-5-23-17-22(11-10-21(23)16-18)19-6-8-20(9-7-19)26(28)29-25-14-12-24(27)13-15-25/h2-3,6-9,12-15,18,21-23H,4-5,10-11,16-17H2,1H3/b3-2+. The van der Waals surface area contributed by atoms with Gasteiger partial charge in [0.1, 0.15) is 11.6 Å². The molecular weight excluding hydrogens is 363 g/mol. The van der Waals surface area contributed by atoms with Gasteiger partial charge in [-0.3, -0.25) is 0 Å². The highest BCUT2D eigenvalue weighted by atomic mass is 19.1. The summed E-state index contributed by atoms with van der Waals surface area (Å²) in [5, 5.41) is 0. The number of esters is 1. The molecule has 0 heterocycles. The number of ether oxygens (including phenoxy) is 1. The Labute approximate surface area is 172 Å². The number of fused-ring (bicyclic) bond motifs is 1. The van der Waals surface area contributed by atoms with E-state index in [-0.39, 0.29) is 5.82 Å². The van der Waals surface area contributed by atoms with Gasteiger partial charge in [-0.05, 0) is 111 Å². The monoisotopic (exact) mass is 392 g/mol. The Morgan fingerprint density at radius 3 is 2.34 bits per heavy atom. The van der Waals surface area contributed by atoms with Crippen LogP contribution in [0.25, 0.3) is 0 Å². The molecule has 2 aromatic carbocycles. The average molecular weight is 393 g/mol. The molecule has 4 unspecified atom stereocenters. The van der Waals surface area contributed by atoms with Gasteiger partial charge in [0.05, 0.1) is 5.56 Å². The van der Waals surface area contributed by atoms with Crippen LogP contribution in [-0.2, 0) is 0 Å². The maximum absolute atomic E-state index is 13.0. The molecule has 0 aromatic heterocycles. The molecule has 0 saturated heterocycles. The number of hydrogen-bond acceptors (Lipinski definition) is 2. The molecule has 0 aliphatic heterocycles. The highest BCUT2D eigenvalue weighted by molar-refractivity contribution is 5.91. The highest BCUT2D eigenvalue weighted by Crippen LogP contribution is 2.47. The Morgan fingerprint density at radius 2 is 1.62 bits per heavy atom. The molecule has 0 N–H and O–H groups in total. The smallest absolute Gasteiger partial charge is 0.343 e. The molecule has 4 rings (SSSR count). The van der Waals surface area contributed by atoms with E-state index in [1.165, 1.54) is 68.4 Å². The summed E-state index contributed by atoms with van der Waals surface area (Å²) >= 11 is 0. The van der Waals surface area contributed by atoms with Gasteiger partial charge in [0.25, 0.3) is 0 Å². The summed E-state index contributed by atoms with van der Waals surface area (Å²) in [4.78, 5) is 12.3. The number of allylic oxidation sites excluding steroid dienone is 2.